The van der Waals surface area contributed by atoms with E-state index in [1.165, 1.54) is 0 Å². The largest absolute Gasteiger partial charge is 0.330 e. The van der Waals surface area contributed by atoms with Gasteiger partial charge in [-0.25, -0.2) is 0 Å². The van der Waals surface area contributed by atoms with Gasteiger partial charge in [-0.05, 0) is 17.7 Å². The summed E-state index contributed by atoms with van der Waals surface area (Å²) in [4.78, 5) is 18.7. The van der Waals surface area contributed by atoms with Crippen LogP contribution in [-0.4, -0.2) is 41.3 Å². The zero-order chi connectivity index (χ0) is 15.4. The van der Waals surface area contributed by atoms with Crippen LogP contribution in [0.25, 0.3) is 10.9 Å². The lowest BCUT2D eigenvalue weighted by Crippen LogP contribution is -2.48. The Labute approximate surface area is 134 Å². The van der Waals surface area contributed by atoms with Crippen molar-refractivity contribution in [1.29, 1.82) is 0 Å². The molecule has 114 valence electrons. The van der Waals surface area contributed by atoms with Crippen LogP contribution in [0.4, 0.5) is 0 Å². The van der Waals surface area contributed by atoms with Gasteiger partial charge in [0.2, 0.25) is 5.91 Å². The fourth-order valence-electron chi connectivity index (χ4n) is 2.90. The van der Waals surface area contributed by atoms with Crippen molar-refractivity contribution in [2.45, 2.75) is 6.04 Å². The van der Waals surface area contributed by atoms with E-state index in [1.54, 1.807) is 12.2 Å². The maximum Gasteiger partial charge on any atom is 0.246 e. The molecule has 3 rings (SSSR count). The molecule has 4 nitrogen and oxygen atoms in total. The summed E-state index contributed by atoms with van der Waals surface area (Å²) in [6.45, 7) is 2.24. The molecule has 0 bridgehead atoms. The molecule has 1 atom stereocenters. The average molecular weight is 316 g/mol. The molecule has 1 unspecified atom stereocenters. The number of nitrogens with one attached hydrogen (secondary N) is 1. The fraction of sp³-hybridized carbons (Fsp3) is 0.294. The molecule has 1 aliphatic rings. The minimum atomic E-state index is 0.00745. The maximum absolute atomic E-state index is 12.4. The monoisotopic (exact) mass is 315 g/mol. The smallest absolute Gasteiger partial charge is 0.246 e. The first-order valence-corrected chi connectivity index (χ1v) is 7.92. The molecule has 1 saturated heterocycles. The van der Waals surface area contributed by atoms with E-state index < -0.39 is 0 Å². The number of halogens is 1. The predicted octanol–water partition coefficient (Wildman–Crippen LogP) is 2.50. The molecule has 1 aromatic carbocycles. The van der Waals surface area contributed by atoms with Crippen molar-refractivity contribution in [2.75, 3.05) is 25.5 Å². The van der Waals surface area contributed by atoms with Crippen LogP contribution in [0.15, 0.2) is 48.7 Å². The maximum atomic E-state index is 12.4. The van der Waals surface area contributed by atoms with Gasteiger partial charge in [0, 0.05) is 43.2 Å². The number of pyridine rings is 1. The van der Waals surface area contributed by atoms with Crippen LogP contribution in [0.5, 0.6) is 0 Å². The highest BCUT2D eigenvalue weighted by Gasteiger charge is 2.27. The van der Waals surface area contributed by atoms with E-state index in [2.05, 4.69) is 16.4 Å². The molecule has 1 N–H and O–H groups in total. The number of fused-ring (bicyclic) bond motifs is 1. The van der Waals surface area contributed by atoms with Crippen molar-refractivity contribution in [2.24, 2.45) is 0 Å². The van der Waals surface area contributed by atoms with Gasteiger partial charge in [-0.15, -0.1) is 11.6 Å². The summed E-state index contributed by atoms with van der Waals surface area (Å²) in [6, 6.07) is 10.0. The molecular formula is C17H18ClN3O. The fourth-order valence-corrected chi connectivity index (χ4v) is 2.98. The first-order valence-electron chi connectivity index (χ1n) is 7.38. The summed E-state index contributed by atoms with van der Waals surface area (Å²) in [6.07, 6.45) is 5.06. The van der Waals surface area contributed by atoms with E-state index in [4.69, 9.17) is 11.6 Å². The number of allylic oxidation sites excluding steroid dienone is 1. The van der Waals surface area contributed by atoms with Crippen LogP contribution in [0.1, 0.15) is 11.6 Å². The molecule has 0 radical (unpaired) electrons. The summed E-state index contributed by atoms with van der Waals surface area (Å²) >= 11 is 5.64. The Balaban J connectivity index is 1.99. The number of para-hydroxylation sites is 1. The van der Waals surface area contributed by atoms with Gasteiger partial charge >= 0.3 is 0 Å². The number of alkyl halides is 1. The van der Waals surface area contributed by atoms with Gasteiger partial charge in [0.25, 0.3) is 0 Å². The molecule has 2 aromatic rings. The van der Waals surface area contributed by atoms with Crippen LogP contribution in [0.2, 0.25) is 0 Å². The molecule has 5 heteroatoms. The molecule has 0 aliphatic carbocycles. The predicted molar refractivity (Wildman–Crippen MR) is 88.9 cm³/mol. The molecule has 2 heterocycles. The highest BCUT2D eigenvalue weighted by molar-refractivity contribution is 6.19. The Morgan fingerprint density at radius 1 is 1.41 bits per heavy atom. The molecule has 22 heavy (non-hydrogen) atoms. The van der Waals surface area contributed by atoms with Crippen molar-refractivity contribution in [3.8, 4) is 0 Å². The van der Waals surface area contributed by atoms with Crippen LogP contribution in [-0.2, 0) is 4.79 Å². The summed E-state index contributed by atoms with van der Waals surface area (Å²) in [7, 11) is 0. The molecule has 0 saturated carbocycles. The number of hydrogen-bond acceptors (Lipinski definition) is 3. The molecule has 1 aliphatic heterocycles. The molecular weight excluding hydrogens is 298 g/mol. The van der Waals surface area contributed by atoms with Gasteiger partial charge in [-0.3, -0.25) is 9.78 Å². The molecule has 1 aromatic heterocycles. The van der Waals surface area contributed by atoms with E-state index in [0.29, 0.717) is 12.4 Å². The highest BCUT2D eigenvalue weighted by Crippen LogP contribution is 2.28. The minimum Gasteiger partial charge on any atom is -0.330 e. The van der Waals surface area contributed by atoms with Gasteiger partial charge in [0.05, 0.1) is 11.6 Å². The molecule has 1 amide bonds. The second-order valence-corrected chi connectivity index (χ2v) is 5.53. The standard InChI is InChI=1S/C17H18ClN3O/c18-8-3-6-17(22)21-11-10-19-12-16(21)14-7-9-20-15-5-2-1-4-13(14)15/h1-7,9,16,19H,8,10-12H2/b6-3-. The van der Waals surface area contributed by atoms with Gasteiger partial charge in [-0.1, -0.05) is 24.3 Å². The third-order valence-corrected chi connectivity index (χ3v) is 4.10. The number of nitrogens with zero attached hydrogens (tertiary/aromatic N) is 2. The number of benzene rings is 1. The summed E-state index contributed by atoms with van der Waals surface area (Å²) in [5.41, 5.74) is 2.08. The van der Waals surface area contributed by atoms with Crippen molar-refractivity contribution in [3.05, 3.63) is 54.2 Å². The van der Waals surface area contributed by atoms with E-state index in [9.17, 15) is 4.79 Å². The van der Waals surface area contributed by atoms with Gasteiger partial charge < -0.3 is 10.2 Å². The SMILES string of the molecule is O=C(/C=C\CCl)N1CCNCC1c1ccnc2ccccc12. The van der Waals surface area contributed by atoms with Crippen molar-refractivity contribution >= 4 is 28.4 Å². The van der Waals surface area contributed by atoms with Crippen LogP contribution in [0.3, 0.4) is 0 Å². The van der Waals surface area contributed by atoms with Gasteiger partial charge in [0.1, 0.15) is 0 Å². The van der Waals surface area contributed by atoms with E-state index >= 15 is 0 Å². The quantitative estimate of drug-likeness (QED) is 0.699. The first kappa shape index (κ1) is 15.0. The van der Waals surface area contributed by atoms with Gasteiger partial charge in [0.15, 0.2) is 0 Å². The third kappa shape index (κ3) is 2.98. The Kier molecular flexibility index (Phi) is 4.71. The number of amides is 1. The summed E-state index contributed by atoms with van der Waals surface area (Å²) in [5.74, 6) is 0.355. The summed E-state index contributed by atoms with van der Waals surface area (Å²) in [5, 5.41) is 4.47. The Morgan fingerprint density at radius 3 is 3.14 bits per heavy atom. The molecule has 1 fully saturated rings. The Hall–Kier alpha value is -1.91. The highest BCUT2D eigenvalue weighted by atomic mass is 35.5. The Bertz CT molecular complexity index is 696. The number of hydrogen-bond donors (Lipinski definition) is 1. The lowest BCUT2D eigenvalue weighted by atomic mass is 9.99. The zero-order valence-electron chi connectivity index (χ0n) is 12.2. The molecule has 0 spiro atoms. The number of carbonyl (C=O) groups is 1. The third-order valence-electron chi connectivity index (χ3n) is 3.92. The van der Waals surface area contributed by atoms with E-state index in [0.717, 1.165) is 29.6 Å². The van der Waals surface area contributed by atoms with Crippen LogP contribution >= 0.6 is 11.6 Å². The van der Waals surface area contributed by atoms with Crippen LogP contribution in [0, 0.1) is 0 Å². The lowest BCUT2D eigenvalue weighted by molar-refractivity contribution is -0.129. The van der Waals surface area contributed by atoms with E-state index in [-0.39, 0.29) is 11.9 Å². The number of carbonyl (C=O) groups excluding carboxylic acids is 1. The van der Waals surface area contributed by atoms with E-state index in [1.807, 2.05) is 35.4 Å². The first-order chi connectivity index (χ1) is 10.8. The average Bonchev–Trinajstić information content (AvgIpc) is 2.59. The number of aromatic nitrogens is 1. The van der Waals surface area contributed by atoms with Crippen molar-refractivity contribution < 1.29 is 4.79 Å². The lowest BCUT2D eigenvalue weighted by Gasteiger charge is -2.36. The second kappa shape index (κ2) is 6.90. The zero-order valence-corrected chi connectivity index (χ0v) is 13.0. The second-order valence-electron chi connectivity index (χ2n) is 5.23. The summed E-state index contributed by atoms with van der Waals surface area (Å²) < 4.78 is 0. The van der Waals surface area contributed by atoms with Crippen LogP contribution < -0.4 is 5.32 Å². The topological polar surface area (TPSA) is 45.2 Å². The normalized spacial score (nSPS) is 19.0. The minimum absolute atomic E-state index is 0.00745. The Morgan fingerprint density at radius 2 is 2.27 bits per heavy atom. The van der Waals surface area contributed by atoms with Crippen molar-refractivity contribution in [1.82, 2.24) is 15.2 Å². The van der Waals surface area contributed by atoms with Gasteiger partial charge in [-0.2, -0.15) is 0 Å². The van der Waals surface area contributed by atoms with Crippen molar-refractivity contribution in [3.63, 3.8) is 0 Å². The number of piperazine rings is 1. The number of rotatable bonds is 3.